The number of fused-ring (bicyclic) bond motifs is 1. The predicted molar refractivity (Wildman–Crippen MR) is 43.1 cm³/mol. The maximum absolute atomic E-state index is 6.85. The Hall–Kier alpha value is -1.64. The number of benzene rings is 1. The van der Waals surface area contributed by atoms with Crippen LogP contribution in [0.5, 0.6) is 0 Å². The second-order valence-corrected chi connectivity index (χ2v) is 2.33. The molecule has 0 aliphatic carbocycles. The molecule has 2 N–H and O–H groups in total. The number of aromatic nitrogens is 1. The highest BCUT2D eigenvalue weighted by molar-refractivity contribution is 5.90. The van der Waals surface area contributed by atoms with E-state index < -0.39 is 0 Å². The van der Waals surface area contributed by atoms with E-state index in [1.807, 2.05) is 24.3 Å². The predicted octanol–water partition coefficient (Wildman–Crippen LogP) is 2.83. The van der Waals surface area contributed by atoms with Gasteiger partial charge in [0.1, 0.15) is 5.69 Å². The van der Waals surface area contributed by atoms with Gasteiger partial charge in [0.2, 0.25) is 0 Å². The Labute approximate surface area is 63.6 Å². The Kier molecular flexibility index (Phi) is 1.22. The number of hydrogen-bond donors (Lipinski definition) is 2. The molecule has 0 atom stereocenters. The van der Waals surface area contributed by atoms with Crippen molar-refractivity contribution in [2.75, 3.05) is 0 Å². The molecule has 11 heavy (non-hydrogen) atoms. The minimum absolute atomic E-state index is 0.695. The lowest BCUT2D eigenvalue weighted by Gasteiger charge is -1.86. The molecule has 1 aromatic carbocycles. The summed E-state index contributed by atoms with van der Waals surface area (Å²) in [6.07, 6.45) is 1.73. The van der Waals surface area contributed by atoms with Gasteiger partial charge in [-0.15, -0.1) is 0 Å². The van der Waals surface area contributed by atoms with Crippen LogP contribution in [0, 0.1) is 5.53 Å². The molecule has 0 amide bonds. The molecule has 0 unspecified atom stereocenters. The zero-order valence-corrected chi connectivity index (χ0v) is 5.83. The highest BCUT2D eigenvalue weighted by Gasteiger charge is 1.98. The van der Waals surface area contributed by atoms with E-state index in [1.165, 1.54) is 0 Å². The third-order valence-electron chi connectivity index (χ3n) is 1.69. The van der Waals surface area contributed by atoms with Crippen LogP contribution < -0.4 is 0 Å². The first kappa shape index (κ1) is 6.09. The van der Waals surface area contributed by atoms with Gasteiger partial charge in [0, 0.05) is 17.1 Å². The first-order valence-electron chi connectivity index (χ1n) is 3.35. The summed E-state index contributed by atoms with van der Waals surface area (Å²) in [5.74, 6) is 0. The number of nitrogens with one attached hydrogen (secondary N) is 2. The maximum Gasteiger partial charge on any atom is 0.110 e. The second-order valence-electron chi connectivity index (χ2n) is 2.33. The van der Waals surface area contributed by atoms with E-state index in [0.29, 0.717) is 5.69 Å². The SMILES string of the molecule is N=Nc1c[nH]c2ccccc12. The average molecular weight is 145 g/mol. The van der Waals surface area contributed by atoms with E-state index >= 15 is 0 Å². The lowest BCUT2D eigenvalue weighted by atomic mass is 10.2. The van der Waals surface area contributed by atoms with Crippen LogP contribution in [0.3, 0.4) is 0 Å². The molecule has 0 aliphatic rings. The molecule has 0 bridgehead atoms. The maximum atomic E-state index is 6.85. The van der Waals surface area contributed by atoms with Gasteiger partial charge in [-0.25, -0.2) is 5.53 Å². The molecule has 1 heterocycles. The van der Waals surface area contributed by atoms with Crippen LogP contribution >= 0.6 is 0 Å². The molecule has 3 nitrogen and oxygen atoms in total. The van der Waals surface area contributed by atoms with Crippen LogP contribution in [0.15, 0.2) is 35.6 Å². The standard InChI is InChI=1S/C8H7N3/c9-11-8-5-10-7-4-2-1-3-6(7)8/h1-5,9-10H. The highest BCUT2D eigenvalue weighted by atomic mass is 15.0. The van der Waals surface area contributed by atoms with Crippen LogP contribution in [-0.2, 0) is 0 Å². The number of aromatic amines is 1. The molecule has 2 aromatic rings. The van der Waals surface area contributed by atoms with Crippen molar-refractivity contribution in [1.29, 1.82) is 5.53 Å². The van der Waals surface area contributed by atoms with Crippen molar-refractivity contribution in [3.05, 3.63) is 30.5 Å². The summed E-state index contributed by atoms with van der Waals surface area (Å²) < 4.78 is 0. The molecule has 3 heteroatoms. The molecule has 1 aromatic heterocycles. The van der Waals surface area contributed by atoms with Gasteiger partial charge in [-0.1, -0.05) is 18.2 Å². The summed E-state index contributed by atoms with van der Waals surface area (Å²) in [6.45, 7) is 0. The molecule has 0 fully saturated rings. The minimum atomic E-state index is 0.695. The summed E-state index contributed by atoms with van der Waals surface area (Å²) in [4.78, 5) is 3.03. The summed E-state index contributed by atoms with van der Waals surface area (Å²) in [7, 11) is 0. The van der Waals surface area contributed by atoms with E-state index in [2.05, 4.69) is 10.1 Å². The summed E-state index contributed by atoms with van der Waals surface area (Å²) in [5.41, 5.74) is 8.57. The van der Waals surface area contributed by atoms with E-state index in [9.17, 15) is 0 Å². The second kappa shape index (κ2) is 2.20. The van der Waals surface area contributed by atoms with Crippen LogP contribution in [0.1, 0.15) is 0 Å². The lowest BCUT2D eigenvalue weighted by Crippen LogP contribution is -1.62. The van der Waals surface area contributed by atoms with Crippen LogP contribution in [-0.4, -0.2) is 4.98 Å². The van der Waals surface area contributed by atoms with Crippen molar-refractivity contribution in [2.24, 2.45) is 5.11 Å². The molecule has 0 spiro atoms. The van der Waals surface area contributed by atoms with Gasteiger partial charge >= 0.3 is 0 Å². The average Bonchev–Trinajstić information content (AvgIpc) is 2.47. The molecule has 0 aliphatic heterocycles. The fraction of sp³-hybridized carbons (Fsp3) is 0. The van der Waals surface area contributed by atoms with Crippen molar-refractivity contribution in [3.63, 3.8) is 0 Å². The summed E-state index contributed by atoms with van der Waals surface area (Å²) in [6, 6.07) is 7.79. The Morgan fingerprint density at radius 1 is 1.27 bits per heavy atom. The third-order valence-corrected chi connectivity index (χ3v) is 1.69. The molecule has 0 saturated carbocycles. The molecule has 0 saturated heterocycles. The number of rotatable bonds is 1. The molecule has 2 rings (SSSR count). The number of para-hydroxylation sites is 1. The topological polar surface area (TPSA) is 52.0 Å². The zero-order valence-electron chi connectivity index (χ0n) is 5.83. The van der Waals surface area contributed by atoms with Gasteiger partial charge in [-0.05, 0) is 6.07 Å². The van der Waals surface area contributed by atoms with E-state index in [-0.39, 0.29) is 0 Å². The van der Waals surface area contributed by atoms with Gasteiger partial charge in [-0.2, -0.15) is 5.11 Å². The Bertz CT molecular complexity index is 389. The Morgan fingerprint density at radius 3 is 2.91 bits per heavy atom. The largest absolute Gasteiger partial charge is 0.359 e. The number of nitrogens with zero attached hydrogens (tertiary/aromatic N) is 1. The van der Waals surface area contributed by atoms with Gasteiger partial charge < -0.3 is 4.98 Å². The van der Waals surface area contributed by atoms with Crippen LogP contribution in [0.2, 0.25) is 0 Å². The van der Waals surface area contributed by atoms with Gasteiger partial charge in [0.05, 0.1) is 0 Å². The van der Waals surface area contributed by atoms with E-state index in [4.69, 9.17) is 5.53 Å². The van der Waals surface area contributed by atoms with Crippen molar-refractivity contribution >= 4 is 16.6 Å². The van der Waals surface area contributed by atoms with Gasteiger partial charge in [-0.3, -0.25) is 0 Å². The highest BCUT2D eigenvalue weighted by Crippen LogP contribution is 2.24. The fourth-order valence-corrected chi connectivity index (χ4v) is 1.15. The van der Waals surface area contributed by atoms with Crippen molar-refractivity contribution in [1.82, 2.24) is 4.98 Å². The Morgan fingerprint density at radius 2 is 2.09 bits per heavy atom. The first-order chi connectivity index (χ1) is 5.42. The molecular weight excluding hydrogens is 138 g/mol. The normalized spacial score (nSPS) is 10.2. The first-order valence-corrected chi connectivity index (χ1v) is 3.35. The number of H-pyrrole nitrogens is 1. The van der Waals surface area contributed by atoms with E-state index in [0.717, 1.165) is 10.9 Å². The van der Waals surface area contributed by atoms with Gasteiger partial charge in [0.15, 0.2) is 0 Å². The van der Waals surface area contributed by atoms with Crippen molar-refractivity contribution in [2.45, 2.75) is 0 Å². The fourth-order valence-electron chi connectivity index (χ4n) is 1.15. The smallest absolute Gasteiger partial charge is 0.110 e. The van der Waals surface area contributed by atoms with Crippen molar-refractivity contribution < 1.29 is 0 Å². The van der Waals surface area contributed by atoms with Crippen LogP contribution in [0.4, 0.5) is 5.69 Å². The molecule has 54 valence electrons. The lowest BCUT2D eigenvalue weighted by molar-refractivity contribution is 1.15. The summed E-state index contributed by atoms with van der Waals surface area (Å²) >= 11 is 0. The molecule has 0 radical (unpaired) electrons. The number of hydrogen-bond acceptors (Lipinski definition) is 2. The van der Waals surface area contributed by atoms with Crippen LogP contribution in [0.25, 0.3) is 10.9 Å². The Balaban J connectivity index is 2.86. The monoisotopic (exact) mass is 145 g/mol. The van der Waals surface area contributed by atoms with Gasteiger partial charge in [0.25, 0.3) is 0 Å². The summed E-state index contributed by atoms with van der Waals surface area (Å²) in [5, 5.41) is 4.38. The third kappa shape index (κ3) is 0.816. The van der Waals surface area contributed by atoms with Crippen molar-refractivity contribution in [3.8, 4) is 0 Å². The quantitative estimate of drug-likeness (QED) is 0.580. The van der Waals surface area contributed by atoms with E-state index in [1.54, 1.807) is 6.20 Å². The minimum Gasteiger partial charge on any atom is -0.359 e. The molecular formula is C8H7N3. The zero-order chi connectivity index (χ0) is 7.68.